The van der Waals surface area contributed by atoms with Crippen LogP contribution in [0.25, 0.3) is 10.9 Å². The Kier molecular flexibility index (Phi) is 3.06. The number of nitrogens with one attached hydrogen (secondary N) is 1. The molecule has 1 aromatic carbocycles. The highest BCUT2D eigenvalue weighted by atomic mass is 35.5. The van der Waals surface area contributed by atoms with Gasteiger partial charge in [-0.15, -0.1) is 0 Å². The molecule has 96 valence electrons. The molecule has 4 heteroatoms. The van der Waals surface area contributed by atoms with E-state index < -0.39 is 0 Å². The zero-order chi connectivity index (χ0) is 12.7. The van der Waals surface area contributed by atoms with Crippen molar-refractivity contribution in [1.29, 1.82) is 0 Å². The Bertz CT molecular complexity index is 563. The summed E-state index contributed by atoms with van der Waals surface area (Å²) in [6, 6.07) is 6.66. The quantitative estimate of drug-likeness (QED) is 0.875. The monoisotopic (exact) mass is 263 g/mol. The van der Waals surface area contributed by atoms with Gasteiger partial charge < -0.3 is 10.7 Å². The Morgan fingerprint density at radius 3 is 3.06 bits per heavy atom. The molecule has 1 fully saturated rings. The molecule has 1 aromatic heterocycles. The maximum Gasteiger partial charge on any atom is 0.0461 e. The number of nitrogens with zero attached hydrogens (tertiary/aromatic N) is 1. The van der Waals surface area contributed by atoms with Gasteiger partial charge in [0.1, 0.15) is 0 Å². The number of H-pyrrole nitrogens is 1. The fraction of sp³-hybridized carbons (Fsp3) is 0.429. The van der Waals surface area contributed by atoms with Crippen LogP contribution in [-0.2, 0) is 0 Å². The van der Waals surface area contributed by atoms with Gasteiger partial charge in [-0.25, -0.2) is 0 Å². The Hall–Kier alpha value is -1.03. The van der Waals surface area contributed by atoms with Crippen molar-refractivity contribution in [2.45, 2.75) is 12.5 Å². The van der Waals surface area contributed by atoms with E-state index in [1.165, 1.54) is 10.9 Å². The number of halogens is 1. The van der Waals surface area contributed by atoms with Crippen molar-refractivity contribution in [3.63, 3.8) is 0 Å². The third-order valence-corrected chi connectivity index (χ3v) is 4.33. The predicted molar refractivity (Wildman–Crippen MR) is 75.8 cm³/mol. The minimum Gasteiger partial charge on any atom is -0.361 e. The summed E-state index contributed by atoms with van der Waals surface area (Å²) in [6.07, 6.45) is 3.05. The van der Waals surface area contributed by atoms with Crippen LogP contribution in [0.3, 0.4) is 0 Å². The fourth-order valence-electron chi connectivity index (χ4n) is 2.98. The molecule has 2 aromatic rings. The Morgan fingerprint density at radius 1 is 1.50 bits per heavy atom. The highest BCUT2D eigenvalue weighted by molar-refractivity contribution is 6.32. The summed E-state index contributed by atoms with van der Waals surface area (Å²) in [4.78, 5) is 5.60. The van der Waals surface area contributed by atoms with Crippen molar-refractivity contribution >= 4 is 22.5 Å². The number of rotatable bonds is 2. The van der Waals surface area contributed by atoms with E-state index in [0.29, 0.717) is 12.0 Å². The van der Waals surface area contributed by atoms with Gasteiger partial charge >= 0.3 is 0 Å². The zero-order valence-corrected chi connectivity index (χ0v) is 11.2. The van der Waals surface area contributed by atoms with E-state index in [9.17, 15) is 0 Å². The van der Waals surface area contributed by atoms with Crippen LogP contribution in [0, 0.1) is 5.92 Å². The lowest BCUT2D eigenvalue weighted by molar-refractivity contribution is 0.314. The Labute approximate surface area is 112 Å². The van der Waals surface area contributed by atoms with Crippen molar-refractivity contribution in [1.82, 2.24) is 9.88 Å². The molecule has 3 nitrogen and oxygen atoms in total. The molecule has 2 unspecified atom stereocenters. The minimum atomic E-state index is 0.388. The molecule has 0 bridgehead atoms. The first-order valence-electron chi connectivity index (χ1n) is 6.36. The number of benzene rings is 1. The number of likely N-dealkylation sites (tertiary alicyclic amines) is 1. The van der Waals surface area contributed by atoms with E-state index in [2.05, 4.69) is 23.0 Å². The Morgan fingerprint density at radius 2 is 2.33 bits per heavy atom. The first-order valence-corrected chi connectivity index (χ1v) is 6.73. The van der Waals surface area contributed by atoms with Crippen LogP contribution in [0.2, 0.25) is 5.02 Å². The van der Waals surface area contributed by atoms with Crippen molar-refractivity contribution in [3.8, 4) is 0 Å². The summed E-state index contributed by atoms with van der Waals surface area (Å²) in [7, 11) is 2.15. The molecule has 1 saturated heterocycles. The van der Waals surface area contributed by atoms with E-state index in [-0.39, 0.29) is 0 Å². The van der Waals surface area contributed by atoms with E-state index >= 15 is 0 Å². The lowest BCUT2D eigenvalue weighted by atomic mass is 9.99. The van der Waals surface area contributed by atoms with Gasteiger partial charge in [-0.3, -0.25) is 4.90 Å². The number of aromatic amines is 1. The van der Waals surface area contributed by atoms with Crippen LogP contribution in [0.5, 0.6) is 0 Å². The van der Waals surface area contributed by atoms with E-state index in [4.69, 9.17) is 17.3 Å². The number of nitrogens with two attached hydrogens (primary N) is 1. The van der Waals surface area contributed by atoms with Crippen LogP contribution in [-0.4, -0.2) is 30.0 Å². The van der Waals surface area contributed by atoms with Gasteiger partial charge in [0, 0.05) is 34.7 Å². The summed E-state index contributed by atoms with van der Waals surface area (Å²) in [5.41, 5.74) is 8.15. The topological polar surface area (TPSA) is 45.0 Å². The molecule has 0 radical (unpaired) electrons. The maximum absolute atomic E-state index is 6.42. The van der Waals surface area contributed by atoms with Crippen LogP contribution < -0.4 is 5.73 Å². The lowest BCUT2D eigenvalue weighted by Gasteiger charge is -2.20. The van der Waals surface area contributed by atoms with Crippen molar-refractivity contribution in [2.75, 3.05) is 20.1 Å². The summed E-state index contributed by atoms with van der Waals surface area (Å²) in [5, 5.41) is 2.02. The van der Waals surface area contributed by atoms with Gasteiger partial charge in [-0.2, -0.15) is 0 Å². The van der Waals surface area contributed by atoms with Crippen molar-refractivity contribution in [2.24, 2.45) is 11.7 Å². The zero-order valence-electron chi connectivity index (χ0n) is 10.5. The van der Waals surface area contributed by atoms with Crippen LogP contribution >= 0.6 is 11.6 Å². The van der Waals surface area contributed by atoms with Crippen molar-refractivity contribution in [3.05, 3.63) is 35.0 Å². The molecule has 1 aliphatic heterocycles. The van der Waals surface area contributed by atoms with Crippen LogP contribution in [0.1, 0.15) is 18.0 Å². The molecule has 0 aliphatic carbocycles. The second-order valence-electron chi connectivity index (χ2n) is 5.23. The molecule has 1 aliphatic rings. The standard InChI is InChI=1S/C14H18ClN3/c1-18-8-9(7-16)4-14(18)11-6-13-10(2-3-17-13)5-12(11)15/h2-3,5-6,9,14,17H,4,7-8,16H2,1H3. The molecule has 18 heavy (non-hydrogen) atoms. The smallest absolute Gasteiger partial charge is 0.0461 e. The highest BCUT2D eigenvalue weighted by Crippen LogP contribution is 2.38. The highest BCUT2D eigenvalue weighted by Gasteiger charge is 2.31. The molecular formula is C14H18ClN3. The van der Waals surface area contributed by atoms with E-state index in [1.54, 1.807) is 0 Å². The number of hydrogen-bond acceptors (Lipinski definition) is 2. The molecule has 3 N–H and O–H groups in total. The number of fused-ring (bicyclic) bond motifs is 1. The van der Waals surface area contributed by atoms with Gasteiger partial charge in [-0.05, 0) is 49.7 Å². The van der Waals surface area contributed by atoms with Gasteiger partial charge in [0.05, 0.1) is 0 Å². The van der Waals surface area contributed by atoms with E-state index in [0.717, 1.165) is 30.0 Å². The Balaban J connectivity index is 2.00. The second-order valence-corrected chi connectivity index (χ2v) is 5.64. The SMILES string of the molecule is CN1CC(CN)CC1c1cc2[nH]ccc2cc1Cl. The molecule has 3 rings (SSSR count). The van der Waals surface area contributed by atoms with Crippen molar-refractivity contribution < 1.29 is 0 Å². The third kappa shape index (κ3) is 1.92. The summed E-state index contributed by atoms with van der Waals surface area (Å²) in [6.45, 7) is 1.81. The third-order valence-electron chi connectivity index (χ3n) is 4.00. The predicted octanol–water partition coefficient (Wildman–Crippen LogP) is 2.77. The summed E-state index contributed by atoms with van der Waals surface area (Å²) in [5.74, 6) is 0.579. The molecule has 0 saturated carbocycles. The first-order chi connectivity index (χ1) is 8.69. The second kappa shape index (κ2) is 4.57. The molecule has 2 atom stereocenters. The van der Waals surface area contributed by atoms with Crippen LogP contribution in [0.4, 0.5) is 0 Å². The molecule has 2 heterocycles. The average Bonchev–Trinajstić information content (AvgIpc) is 2.93. The maximum atomic E-state index is 6.42. The fourth-order valence-corrected chi connectivity index (χ4v) is 3.28. The van der Waals surface area contributed by atoms with Gasteiger partial charge in [0.15, 0.2) is 0 Å². The first kappa shape index (κ1) is 12.0. The summed E-state index contributed by atoms with van der Waals surface area (Å²) >= 11 is 6.42. The lowest BCUT2D eigenvalue weighted by Crippen LogP contribution is -2.20. The number of hydrogen-bond donors (Lipinski definition) is 2. The normalized spacial score (nSPS) is 25.1. The summed E-state index contributed by atoms with van der Waals surface area (Å²) < 4.78 is 0. The van der Waals surface area contributed by atoms with Crippen LogP contribution in [0.15, 0.2) is 24.4 Å². The molecule has 0 amide bonds. The van der Waals surface area contributed by atoms with Gasteiger partial charge in [0.25, 0.3) is 0 Å². The molecular weight excluding hydrogens is 246 g/mol. The molecule has 0 spiro atoms. The van der Waals surface area contributed by atoms with Gasteiger partial charge in [-0.1, -0.05) is 11.6 Å². The van der Waals surface area contributed by atoms with Gasteiger partial charge in [0.2, 0.25) is 0 Å². The van der Waals surface area contributed by atoms with E-state index in [1.807, 2.05) is 18.3 Å². The largest absolute Gasteiger partial charge is 0.361 e. The average molecular weight is 264 g/mol. The minimum absolute atomic E-state index is 0.388. The number of aromatic nitrogens is 1.